The molecule has 0 bridgehead atoms. The Morgan fingerprint density at radius 2 is 1.95 bits per heavy atom. The Morgan fingerprint density at radius 1 is 1.21 bits per heavy atom. The van der Waals surface area contributed by atoms with E-state index in [9.17, 15) is 0 Å². The Morgan fingerprint density at radius 3 is 2.68 bits per heavy atom. The summed E-state index contributed by atoms with van der Waals surface area (Å²) in [7, 11) is 0. The number of nitrogens with two attached hydrogens (primary N) is 1. The van der Waals surface area contributed by atoms with Gasteiger partial charge in [0, 0.05) is 12.2 Å². The van der Waals surface area contributed by atoms with Crippen LogP contribution in [0.15, 0.2) is 36.4 Å². The van der Waals surface area contributed by atoms with E-state index in [-0.39, 0.29) is 6.61 Å². The summed E-state index contributed by atoms with van der Waals surface area (Å²) >= 11 is 6.02. The fourth-order valence-corrected chi connectivity index (χ4v) is 2.09. The summed E-state index contributed by atoms with van der Waals surface area (Å²) in [5.41, 5.74) is 10.4. The predicted molar refractivity (Wildman–Crippen MR) is 80.3 cm³/mol. The monoisotopic (exact) mass is 276 g/mol. The van der Waals surface area contributed by atoms with Gasteiger partial charge in [0.15, 0.2) is 0 Å². The molecule has 0 spiro atoms. The van der Waals surface area contributed by atoms with E-state index >= 15 is 0 Å². The lowest BCUT2D eigenvalue weighted by molar-refractivity contribution is 0.281. The first-order valence-electron chi connectivity index (χ1n) is 6.08. The number of nitrogens with one attached hydrogen (secondary N) is 1. The van der Waals surface area contributed by atoms with Crippen molar-refractivity contribution in [1.29, 1.82) is 0 Å². The third-order valence-corrected chi connectivity index (χ3v) is 3.33. The molecule has 0 atom stereocenters. The summed E-state index contributed by atoms with van der Waals surface area (Å²) in [5, 5.41) is 13.0. The van der Waals surface area contributed by atoms with Crippen LogP contribution >= 0.6 is 11.6 Å². The summed E-state index contributed by atoms with van der Waals surface area (Å²) in [6.07, 6.45) is 0. The van der Waals surface area contributed by atoms with Crippen molar-refractivity contribution in [2.45, 2.75) is 20.1 Å². The molecular formula is C15H17ClN2O. The van der Waals surface area contributed by atoms with Crippen LogP contribution in [-0.4, -0.2) is 5.11 Å². The van der Waals surface area contributed by atoms with E-state index in [1.165, 1.54) is 0 Å². The maximum Gasteiger partial charge on any atom is 0.0681 e. The van der Waals surface area contributed by atoms with Gasteiger partial charge in [0.1, 0.15) is 0 Å². The maximum absolute atomic E-state index is 9.11. The van der Waals surface area contributed by atoms with Crippen LogP contribution < -0.4 is 11.1 Å². The molecule has 0 unspecified atom stereocenters. The van der Waals surface area contributed by atoms with Crippen molar-refractivity contribution in [2.75, 3.05) is 11.1 Å². The molecule has 3 nitrogen and oxygen atoms in total. The van der Waals surface area contributed by atoms with Gasteiger partial charge in [-0.2, -0.15) is 0 Å². The highest BCUT2D eigenvalue weighted by Gasteiger charge is 2.03. The van der Waals surface area contributed by atoms with Gasteiger partial charge in [-0.15, -0.1) is 0 Å². The molecule has 4 N–H and O–H groups in total. The highest BCUT2D eigenvalue weighted by molar-refractivity contribution is 6.33. The number of hydrogen-bond acceptors (Lipinski definition) is 3. The van der Waals surface area contributed by atoms with Crippen LogP contribution in [0, 0.1) is 6.92 Å². The number of aliphatic hydroxyl groups excluding tert-OH is 1. The van der Waals surface area contributed by atoms with Crippen LogP contribution in [0.3, 0.4) is 0 Å². The van der Waals surface area contributed by atoms with E-state index in [4.69, 9.17) is 22.4 Å². The quantitative estimate of drug-likeness (QED) is 0.751. The Hall–Kier alpha value is -1.71. The van der Waals surface area contributed by atoms with Crippen LogP contribution in [0.25, 0.3) is 0 Å². The van der Waals surface area contributed by atoms with E-state index in [1.54, 1.807) is 0 Å². The number of anilines is 2. The third kappa shape index (κ3) is 3.40. The fraction of sp³-hybridized carbons (Fsp3) is 0.200. The predicted octanol–water partition coefficient (Wildman–Crippen LogP) is 3.34. The largest absolute Gasteiger partial charge is 0.398 e. The summed E-state index contributed by atoms with van der Waals surface area (Å²) in [6, 6.07) is 11.5. The van der Waals surface area contributed by atoms with Crippen molar-refractivity contribution in [2.24, 2.45) is 0 Å². The highest BCUT2D eigenvalue weighted by atomic mass is 35.5. The molecule has 0 saturated heterocycles. The fourth-order valence-electron chi connectivity index (χ4n) is 1.93. The lowest BCUT2D eigenvalue weighted by Gasteiger charge is -2.12. The first kappa shape index (κ1) is 13.7. The zero-order chi connectivity index (χ0) is 13.8. The second kappa shape index (κ2) is 5.95. The molecule has 0 radical (unpaired) electrons. The summed E-state index contributed by atoms with van der Waals surface area (Å²) in [4.78, 5) is 0. The number of hydrogen-bond donors (Lipinski definition) is 3. The van der Waals surface area contributed by atoms with Gasteiger partial charge < -0.3 is 16.2 Å². The van der Waals surface area contributed by atoms with Gasteiger partial charge in [-0.05, 0) is 35.7 Å². The van der Waals surface area contributed by atoms with Crippen molar-refractivity contribution in [3.63, 3.8) is 0 Å². The second-order valence-corrected chi connectivity index (χ2v) is 4.93. The van der Waals surface area contributed by atoms with Crippen molar-refractivity contribution >= 4 is 23.0 Å². The molecular weight excluding hydrogens is 260 g/mol. The minimum absolute atomic E-state index is 0.0561. The SMILES string of the molecule is Cc1cc(N)c(Cl)cc1NCc1cccc(CO)c1. The van der Waals surface area contributed by atoms with Crippen LogP contribution in [0.2, 0.25) is 5.02 Å². The van der Waals surface area contributed by atoms with Gasteiger partial charge in [0.25, 0.3) is 0 Å². The second-order valence-electron chi connectivity index (χ2n) is 4.52. The van der Waals surface area contributed by atoms with Crippen LogP contribution in [0.4, 0.5) is 11.4 Å². The summed E-state index contributed by atoms with van der Waals surface area (Å²) < 4.78 is 0. The molecule has 0 aliphatic carbocycles. The van der Waals surface area contributed by atoms with Gasteiger partial charge in [-0.3, -0.25) is 0 Å². The average Bonchev–Trinajstić information content (AvgIpc) is 2.41. The van der Waals surface area contributed by atoms with E-state index in [1.807, 2.05) is 43.3 Å². The number of benzene rings is 2. The lowest BCUT2D eigenvalue weighted by Crippen LogP contribution is -2.02. The summed E-state index contributed by atoms with van der Waals surface area (Å²) in [6.45, 7) is 2.72. The van der Waals surface area contributed by atoms with E-state index in [0.29, 0.717) is 17.3 Å². The molecule has 0 fully saturated rings. The molecule has 0 heterocycles. The third-order valence-electron chi connectivity index (χ3n) is 3.00. The van der Waals surface area contributed by atoms with Crippen molar-refractivity contribution < 1.29 is 5.11 Å². The molecule has 0 aliphatic rings. The molecule has 19 heavy (non-hydrogen) atoms. The Bertz CT molecular complexity index is 584. The molecule has 0 aliphatic heterocycles. The van der Waals surface area contributed by atoms with Gasteiger partial charge in [0.05, 0.1) is 17.3 Å². The molecule has 100 valence electrons. The normalized spacial score (nSPS) is 10.5. The van der Waals surface area contributed by atoms with Crippen molar-refractivity contribution in [3.8, 4) is 0 Å². The Labute approximate surface area is 118 Å². The molecule has 4 heteroatoms. The van der Waals surface area contributed by atoms with Gasteiger partial charge in [0.2, 0.25) is 0 Å². The molecule has 2 rings (SSSR count). The van der Waals surface area contributed by atoms with Crippen molar-refractivity contribution in [3.05, 3.63) is 58.1 Å². The topological polar surface area (TPSA) is 58.3 Å². The number of aryl methyl sites for hydroxylation is 1. The molecule has 0 amide bonds. The van der Waals surface area contributed by atoms with Gasteiger partial charge in [-0.1, -0.05) is 35.9 Å². The molecule has 0 aromatic heterocycles. The first-order chi connectivity index (χ1) is 9.10. The number of rotatable bonds is 4. The van der Waals surface area contributed by atoms with Gasteiger partial charge in [-0.25, -0.2) is 0 Å². The molecule has 2 aromatic carbocycles. The summed E-state index contributed by atoms with van der Waals surface area (Å²) in [5.74, 6) is 0. The van der Waals surface area contributed by atoms with E-state index in [0.717, 1.165) is 22.4 Å². The Balaban J connectivity index is 2.12. The number of aliphatic hydroxyl groups is 1. The Kier molecular flexibility index (Phi) is 4.30. The molecule has 0 saturated carbocycles. The lowest BCUT2D eigenvalue weighted by atomic mass is 10.1. The zero-order valence-corrected chi connectivity index (χ0v) is 11.5. The van der Waals surface area contributed by atoms with Crippen LogP contribution in [0.5, 0.6) is 0 Å². The maximum atomic E-state index is 9.11. The molecule has 2 aromatic rings. The van der Waals surface area contributed by atoms with E-state index < -0.39 is 0 Å². The minimum Gasteiger partial charge on any atom is -0.398 e. The smallest absolute Gasteiger partial charge is 0.0681 e. The van der Waals surface area contributed by atoms with Crippen molar-refractivity contribution in [1.82, 2.24) is 0 Å². The average molecular weight is 277 g/mol. The number of halogens is 1. The van der Waals surface area contributed by atoms with Crippen LogP contribution in [-0.2, 0) is 13.2 Å². The van der Waals surface area contributed by atoms with Gasteiger partial charge >= 0.3 is 0 Å². The van der Waals surface area contributed by atoms with Crippen LogP contribution in [0.1, 0.15) is 16.7 Å². The zero-order valence-electron chi connectivity index (χ0n) is 10.8. The first-order valence-corrected chi connectivity index (χ1v) is 6.46. The number of nitrogen functional groups attached to an aromatic ring is 1. The minimum atomic E-state index is 0.0561. The highest BCUT2D eigenvalue weighted by Crippen LogP contribution is 2.27. The van der Waals surface area contributed by atoms with E-state index in [2.05, 4.69) is 5.32 Å². The standard InChI is InChI=1S/C15H17ClN2O/c1-10-5-14(17)13(16)7-15(10)18-8-11-3-2-4-12(6-11)9-19/h2-7,18-19H,8-9,17H2,1H3.